The zero-order valence-corrected chi connectivity index (χ0v) is 9.38. The molecule has 0 amide bonds. The standard InChI is InChI=1S/C11H22S/c1-11(7-3-4-8-11)9-5-6-10-12-2/h3-10H2,1-2H3. The molecule has 0 spiro atoms. The molecule has 0 radical (unpaired) electrons. The predicted molar refractivity (Wildman–Crippen MR) is 58.8 cm³/mol. The molecule has 0 aliphatic heterocycles. The van der Waals surface area contributed by atoms with Gasteiger partial charge in [-0.15, -0.1) is 0 Å². The van der Waals surface area contributed by atoms with Gasteiger partial charge in [0.1, 0.15) is 0 Å². The van der Waals surface area contributed by atoms with Crippen LogP contribution in [0.2, 0.25) is 0 Å². The molecule has 0 nitrogen and oxygen atoms in total. The van der Waals surface area contributed by atoms with Gasteiger partial charge in [0.15, 0.2) is 0 Å². The Labute approximate surface area is 81.5 Å². The molecule has 0 unspecified atom stereocenters. The van der Waals surface area contributed by atoms with Gasteiger partial charge in [-0.3, -0.25) is 0 Å². The van der Waals surface area contributed by atoms with Gasteiger partial charge in [-0.25, -0.2) is 0 Å². The third-order valence-electron chi connectivity index (χ3n) is 3.19. The van der Waals surface area contributed by atoms with Gasteiger partial charge in [0.2, 0.25) is 0 Å². The van der Waals surface area contributed by atoms with Crippen molar-refractivity contribution in [2.75, 3.05) is 12.0 Å². The summed E-state index contributed by atoms with van der Waals surface area (Å²) < 4.78 is 0. The molecule has 1 rings (SSSR count). The largest absolute Gasteiger partial charge is 0.165 e. The molecule has 1 fully saturated rings. The van der Waals surface area contributed by atoms with Crippen molar-refractivity contribution in [3.05, 3.63) is 0 Å². The van der Waals surface area contributed by atoms with Crippen molar-refractivity contribution in [2.24, 2.45) is 5.41 Å². The molecule has 0 aromatic heterocycles. The van der Waals surface area contributed by atoms with Crippen LogP contribution in [0, 0.1) is 5.41 Å². The molecule has 0 atom stereocenters. The van der Waals surface area contributed by atoms with Crippen LogP contribution in [0.25, 0.3) is 0 Å². The van der Waals surface area contributed by atoms with E-state index < -0.39 is 0 Å². The lowest BCUT2D eigenvalue weighted by Crippen LogP contribution is -2.10. The first-order chi connectivity index (χ1) is 5.77. The molecular formula is C11H22S. The SMILES string of the molecule is CSCCCCC1(C)CCCC1. The number of hydrogen-bond acceptors (Lipinski definition) is 1. The van der Waals surface area contributed by atoms with E-state index in [1.165, 1.54) is 50.7 Å². The lowest BCUT2D eigenvalue weighted by Gasteiger charge is -2.22. The highest BCUT2D eigenvalue weighted by molar-refractivity contribution is 7.98. The summed E-state index contributed by atoms with van der Waals surface area (Å²) in [4.78, 5) is 0. The Bertz CT molecular complexity index is 114. The van der Waals surface area contributed by atoms with Crippen LogP contribution in [-0.2, 0) is 0 Å². The molecule has 1 heteroatoms. The van der Waals surface area contributed by atoms with Crippen LogP contribution in [0.15, 0.2) is 0 Å². The van der Waals surface area contributed by atoms with Gasteiger partial charge < -0.3 is 0 Å². The van der Waals surface area contributed by atoms with Crippen molar-refractivity contribution in [2.45, 2.75) is 51.9 Å². The maximum Gasteiger partial charge on any atom is -0.00703 e. The van der Waals surface area contributed by atoms with Crippen LogP contribution in [0.5, 0.6) is 0 Å². The van der Waals surface area contributed by atoms with Crippen LogP contribution in [0.4, 0.5) is 0 Å². The molecule has 0 saturated heterocycles. The van der Waals surface area contributed by atoms with Gasteiger partial charge in [-0.1, -0.05) is 26.2 Å². The fraction of sp³-hybridized carbons (Fsp3) is 1.00. The van der Waals surface area contributed by atoms with Gasteiger partial charge in [0.05, 0.1) is 0 Å². The predicted octanol–water partition coefficient (Wildman–Crippen LogP) is 4.10. The van der Waals surface area contributed by atoms with E-state index >= 15 is 0 Å². The first-order valence-electron chi connectivity index (χ1n) is 5.26. The lowest BCUT2D eigenvalue weighted by atomic mass is 9.83. The summed E-state index contributed by atoms with van der Waals surface area (Å²) in [6.45, 7) is 2.49. The minimum Gasteiger partial charge on any atom is -0.165 e. The van der Waals surface area contributed by atoms with Crippen LogP contribution in [0.1, 0.15) is 51.9 Å². The highest BCUT2D eigenvalue weighted by Crippen LogP contribution is 2.41. The molecule has 0 heterocycles. The summed E-state index contributed by atoms with van der Waals surface area (Å²) >= 11 is 1.98. The summed E-state index contributed by atoms with van der Waals surface area (Å²) in [5, 5.41) is 0. The Kier molecular flexibility index (Phi) is 4.49. The number of thioether (sulfide) groups is 1. The maximum atomic E-state index is 2.49. The lowest BCUT2D eigenvalue weighted by molar-refractivity contribution is 0.299. The van der Waals surface area contributed by atoms with Crippen molar-refractivity contribution in [3.63, 3.8) is 0 Å². The highest BCUT2D eigenvalue weighted by atomic mass is 32.2. The molecule has 0 aromatic carbocycles. The second-order valence-corrected chi connectivity index (χ2v) is 5.45. The van der Waals surface area contributed by atoms with Gasteiger partial charge in [0, 0.05) is 0 Å². The number of unbranched alkanes of at least 4 members (excludes halogenated alkanes) is 1. The average Bonchev–Trinajstić information content (AvgIpc) is 2.47. The Morgan fingerprint density at radius 2 is 1.83 bits per heavy atom. The summed E-state index contributed by atoms with van der Waals surface area (Å²) in [6, 6.07) is 0. The molecule has 1 aliphatic carbocycles. The first-order valence-corrected chi connectivity index (χ1v) is 6.65. The average molecular weight is 186 g/mol. The summed E-state index contributed by atoms with van der Waals surface area (Å²) in [5.74, 6) is 1.36. The van der Waals surface area contributed by atoms with Gasteiger partial charge in [-0.05, 0) is 43.1 Å². The maximum absolute atomic E-state index is 2.49. The second-order valence-electron chi connectivity index (χ2n) is 4.47. The molecule has 0 aromatic rings. The fourth-order valence-electron chi connectivity index (χ4n) is 2.28. The van der Waals surface area contributed by atoms with E-state index in [9.17, 15) is 0 Å². The van der Waals surface area contributed by atoms with Crippen molar-refractivity contribution in [1.29, 1.82) is 0 Å². The minimum absolute atomic E-state index is 0.735. The molecule has 1 saturated carbocycles. The minimum atomic E-state index is 0.735. The molecule has 0 bridgehead atoms. The first kappa shape index (κ1) is 10.4. The fourth-order valence-corrected chi connectivity index (χ4v) is 2.77. The third kappa shape index (κ3) is 3.38. The molecule has 0 N–H and O–H groups in total. The van der Waals surface area contributed by atoms with E-state index in [1.807, 2.05) is 11.8 Å². The van der Waals surface area contributed by atoms with Crippen LogP contribution in [0.3, 0.4) is 0 Å². The van der Waals surface area contributed by atoms with E-state index in [-0.39, 0.29) is 0 Å². The Morgan fingerprint density at radius 1 is 1.17 bits per heavy atom. The Morgan fingerprint density at radius 3 is 2.42 bits per heavy atom. The van der Waals surface area contributed by atoms with Crippen LogP contribution >= 0.6 is 11.8 Å². The highest BCUT2D eigenvalue weighted by Gasteiger charge is 2.27. The van der Waals surface area contributed by atoms with E-state index in [2.05, 4.69) is 13.2 Å². The monoisotopic (exact) mass is 186 g/mol. The normalized spacial score (nSPS) is 21.5. The molecular weight excluding hydrogens is 164 g/mol. The van der Waals surface area contributed by atoms with Crippen LogP contribution < -0.4 is 0 Å². The van der Waals surface area contributed by atoms with E-state index in [4.69, 9.17) is 0 Å². The zero-order chi connectivity index (χ0) is 8.86. The van der Waals surface area contributed by atoms with E-state index in [0.29, 0.717) is 0 Å². The van der Waals surface area contributed by atoms with Crippen LogP contribution in [-0.4, -0.2) is 12.0 Å². The number of rotatable bonds is 5. The summed E-state index contributed by atoms with van der Waals surface area (Å²) in [7, 11) is 0. The van der Waals surface area contributed by atoms with Gasteiger partial charge in [0.25, 0.3) is 0 Å². The van der Waals surface area contributed by atoms with Crippen molar-refractivity contribution < 1.29 is 0 Å². The van der Waals surface area contributed by atoms with Crippen molar-refractivity contribution >= 4 is 11.8 Å². The quantitative estimate of drug-likeness (QED) is 0.582. The van der Waals surface area contributed by atoms with Gasteiger partial charge in [-0.2, -0.15) is 11.8 Å². The summed E-state index contributed by atoms with van der Waals surface area (Å²) in [5.41, 5.74) is 0.735. The molecule has 1 aliphatic rings. The Hall–Kier alpha value is 0.350. The van der Waals surface area contributed by atoms with Gasteiger partial charge >= 0.3 is 0 Å². The van der Waals surface area contributed by atoms with E-state index in [1.54, 1.807) is 0 Å². The molecule has 72 valence electrons. The smallest absolute Gasteiger partial charge is 0.00703 e. The third-order valence-corrected chi connectivity index (χ3v) is 3.89. The molecule has 12 heavy (non-hydrogen) atoms. The summed E-state index contributed by atoms with van der Waals surface area (Å²) in [6.07, 6.45) is 12.5. The van der Waals surface area contributed by atoms with Crippen molar-refractivity contribution in [1.82, 2.24) is 0 Å². The second kappa shape index (κ2) is 5.16. The Balaban J connectivity index is 2.05. The number of hydrogen-bond donors (Lipinski definition) is 0. The zero-order valence-electron chi connectivity index (χ0n) is 8.57. The topological polar surface area (TPSA) is 0 Å². The van der Waals surface area contributed by atoms with Crippen molar-refractivity contribution in [3.8, 4) is 0 Å². The van der Waals surface area contributed by atoms with E-state index in [0.717, 1.165) is 5.41 Å².